The predicted octanol–water partition coefficient (Wildman–Crippen LogP) is 1.84. The van der Waals surface area contributed by atoms with Crippen LogP contribution in [0.15, 0.2) is 11.2 Å². The van der Waals surface area contributed by atoms with Crippen molar-refractivity contribution in [1.29, 1.82) is 0 Å². The van der Waals surface area contributed by atoms with E-state index in [1.54, 1.807) is 0 Å². The van der Waals surface area contributed by atoms with E-state index in [9.17, 15) is 18.0 Å². The van der Waals surface area contributed by atoms with E-state index < -0.39 is 17.9 Å². The van der Waals surface area contributed by atoms with Crippen molar-refractivity contribution in [2.45, 2.75) is 19.1 Å². The van der Waals surface area contributed by atoms with Crippen molar-refractivity contribution in [2.75, 3.05) is 0 Å². The Balaban J connectivity index is 3.23. The van der Waals surface area contributed by atoms with Gasteiger partial charge in [-0.2, -0.15) is 23.3 Å². The van der Waals surface area contributed by atoms with Crippen molar-refractivity contribution < 1.29 is 18.0 Å². The number of aliphatic imine (C=N–C) groups is 1. The van der Waals surface area contributed by atoms with Crippen LogP contribution in [0, 0.1) is 0 Å². The molecule has 1 aromatic rings. The highest BCUT2D eigenvalue weighted by Gasteiger charge is 2.38. The molecule has 4 nitrogen and oxygen atoms in total. The zero-order valence-corrected chi connectivity index (χ0v) is 8.04. The predicted molar refractivity (Wildman–Crippen MR) is 44.7 cm³/mol. The maximum Gasteiger partial charge on any atom is 0.435 e. The van der Waals surface area contributed by atoms with Crippen LogP contribution in [-0.2, 0) is 18.0 Å². The first-order chi connectivity index (χ1) is 6.86. The highest BCUT2D eigenvalue weighted by Crippen LogP contribution is 2.34. The van der Waals surface area contributed by atoms with Crippen LogP contribution >= 0.6 is 0 Å². The molecule has 82 valence electrons. The van der Waals surface area contributed by atoms with Crippen molar-refractivity contribution in [1.82, 2.24) is 9.78 Å². The monoisotopic (exact) mass is 219 g/mol. The molecule has 0 radical (unpaired) electrons. The first kappa shape index (κ1) is 11.5. The van der Waals surface area contributed by atoms with Gasteiger partial charge in [0.05, 0.1) is 6.04 Å². The van der Waals surface area contributed by atoms with E-state index in [0.717, 1.165) is 4.68 Å². The van der Waals surface area contributed by atoms with E-state index >= 15 is 0 Å². The van der Waals surface area contributed by atoms with E-state index in [0.29, 0.717) is 0 Å². The fourth-order valence-electron chi connectivity index (χ4n) is 1.18. The average Bonchev–Trinajstić information content (AvgIpc) is 2.47. The van der Waals surface area contributed by atoms with Gasteiger partial charge in [0, 0.05) is 18.8 Å². The normalized spacial score (nSPS) is 13.4. The number of hydrogen-bond donors (Lipinski definition) is 0. The maximum atomic E-state index is 12.4. The Kier molecular flexibility index (Phi) is 2.95. The summed E-state index contributed by atoms with van der Waals surface area (Å²) in [4.78, 5) is 13.2. The summed E-state index contributed by atoms with van der Waals surface area (Å²) in [7, 11) is 1.37. The van der Waals surface area contributed by atoms with Crippen LogP contribution in [0.5, 0.6) is 0 Å². The molecule has 0 N–H and O–H groups in total. The van der Waals surface area contributed by atoms with Gasteiger partial charge in [-0.25, -0.2) is 4.79 Å². The fourth-order valence-corrected chi connectivity index (χ4v) is 1.18. The number of carbonyl (C=O) groups excluding carboxylic acids is 1. The molecule has 1 rings (SSSR count). The van der Waals surface area contributed by atoms with E-state index in [1.807, 2.05) is 0 Å². The van der Waals surface area contributed by atoms with Gasteiger partial charge in [-0.15, -0.1) is 0 Å². The van der Waals surface area contributed by atoms with Crippen LogP contribution in [0.3, 0.4) is 0 Å². The standard InChI is InChI=1S/C8H8F3N3O/c1-5(12-4-15)6-3-14(2)13-7(6)8(9,10)11/h3,5H,1-2H3. The van der Waals surface area contributed by atoms with Gasteiger partial charge in [-0.05, 0) is 6.92 Å². The van der Waals surface area contributed by atoms with Crippen LogP contribution in [0.2, 0.25) is 0 Å². The lowest BCUT2D eigenvalue weighted by atomic mass is 10.1. The Morgan fingerprint density at radius 1 is 1.60 bits per heavy atom. The minimum absolute atomic E-state index is 0.131. The second-order valence-corrected chi connectivity index (χ2v) is 3.00. The first-order valence-corrected chi connectivity index (χ1v) is 4.04. The summed E-state index contributed by atoms with van der Waals surface area (Å²) < 4.78 is 38.4. The van der Waals surface area contributed by atoms with Crippen molar-refractivity contribution in [3.8, 4) is 0 Å². The Morgan fingerprint density at radius 3 is 2.67 bits per heavy atom. The molecule has 0 bridgehead atoms. The molecule has 0 saturated heterocycles. The molecule has 1 unspecified atom stereocenters. The number of alkyl halides is 3. The highest BCUT2D eigenvalue weighted by atomic mass is 19.4. The van der Waals surface area contributed by atoms with Gasteiger partial charge in [0.1, 0.15) is 0 Å². The third-order valence-electron chi connectivity index (χ3n) is 1.82. The van der Waals surface area contributed by atoms with Gasteiger partial charge in [0.2, 0.25) is 6.08 Å². The molecule has 0 fully saturated rings. The molecular weight excluding hydrogens is 211 g/mol. The van der Waals surface area contributed by atoms with Crippen molar-refractivity contribution in [3.63, 3.8) is 0 Å². The zero-order chi connectivity index (χ0) is 11.6. The van der Waals surface area contributed by atoms with Crippen molar-refractivity contribution >= 4 is 6.08 Å². The van der Waals surface area contributed by atoms with Crippen LogP contribution in [-0.4, -0.2) is 15.9 Å². The third-order valence-corrected chi connectivity index (χ3v) is 1.82. The van der Waals surface area contributed by atoms with Crippen molar-refractivity contribution in [3.05, 3.63) is 17.5 Å². The van der Waals surface area contributed by atoms with Gasteiger partial charge in [-0.1, -0.05) is 0 Å². The largest absolute Gasteiger partial charge is 0.435 e. The van der Waals surface area contributed by atoms with E-state index in [2.05, 4.69) is 10.1 Å². The molecule has 1 heterocycles. The summed E-state index contributed by atoms with van der Waals surface area (Å²) in [6.07, 6.45) is -2.13. The van der Waals surface area contributed by atoms with Crippen LogP contribution in [0.25, 0.3) is 0 Å². The third kappa shape index (κ3) is 2.44. The summed E-state index contributed by atoms with van der Waals surface area (Å²) >= 11 is 0. The first-order valence-electron chi connectivity index (χ1n) is 4.04. The molecule has 0 aromatic carbocycles. The molecule has 0 aliphatic heterocycles. The molecule has 0 amide bonds. The average molecular weight is 219 g/mol. The minimum atomic E-state index is -4.54. The lowest BCUT2D eigenvalue weighted by Gasteiger charge is -2.07. The van der Waals surface area contributed by atoms with E-state index in [-0.39, 0.29) is 5.56 Å². The molecular formula is C8H8F3N3O. The van der Waals surface area contributed by atoms with Gasteiger partial charge < -0.3 is 0 Å². The lowest BCUT2D eigenvalue weighted by Crippen LogP contribution is -2.10. The Labute approximate surface area is 83.4 Å². The molecule has 0 saturated carbocycles. The summed E-state index contributed by atoms with van der Waals surface area (Å²) in [6, 6.07) is -0.896. The smallest absolute Gasteiger partial charge is 0.275 e. The summed E-state index contributed by atoms with van der Waals surface area (Å²) in [5, 5.41) is 3.29. The van der Waals surface area contributed by atoms with E-state index in [1.165, 1.54) is 26.2 Å². The Bertz CT molecular complexity index is 404. The second-order valence-electron chi connectivity index (χ2n) is 3.00. The summed E-state index contributed by atoms with van der Waals surface area (Å²) in [5.74, 6) is 0. The van der Waals surface area contributed by atoms with Crippen molar-refractivity contribution in [2.24, 2.45) is 12.0 Å². The topological polar surface area (TPSA) is 47.2 Å². The van der Waals surface area contributed by atoms with E-state index in [4.69, 9.17) is 0 Å². The molecule has 0 aliphatic carbocycles. The number of rotatable bonds is 2. The Hall–Kier alpha value is -1.62. The number of hydrogen-bond acceptors (Lipinski definition) is 3. The number of isocyanates is 1. The quantitative estimate of drug-likeness (QED) is 0.562. The SMILES string of the molecule is CC(N=C=O)c1cn(C)nc1C(F)(F)F. The fraction of sp³-hybridized carbons (Fsp3) is 0.500. The molecule has 1 aromatic heterocycles. The molecule has 15 heavy (non-hydrogen) atoms. The van der Waals surface area contributed by atoms with Crippen LogP contribution in [0.1, 0.15) is 24.2 Å². The zero-order valence-electron chi connectivity index (χ0n) is 8.04. The number of aromatic nitrogens is 2. The number of nitrogens with zero attached hydrogens (tertiary/aromatic N) is 3. The van der Waals surface area contributed by atoms with Gasteiger partial charge in [-0.3, -0.25) is 4.68 Å². The second kappa shape index (κ2) is 3.86. The molecule has 7 heteroatoms. The Morgan fingerprint density at radius 2 is 2.20 bits per heavy atom. The number of aryl methyl sites for hydroxylation is 1. The van der Waals surface area contributed by atoms with Gasteiger partial charge >= 0.3 is 6.18 Å². The molecule has 0 spiro atoms. The summed E-state index contributed by atoms with van der Waals surface area (Å²) in [6.45, 7) is 1.37. The van der Waals surface area contributed by atoms with Crippen LogP contribution < -0.4 is 0 Å². The maximum absolute atomic E-state index is 12.4. The number of halogens is 3. The van der Waals surface area contributed by atoms with Gasteiger partial charge in [0.25, 0.3) is 0 Å². The lowest BCUT2D eigenvalue weighted by molar-refractivity contribution is -0.142. The summed E-state index contributed by atoms with van der Waals surface area (Å²) in [5.41, 5.74) is -1.15. The highest BCUT2D eigenvalue weighted by molar-refractivity contribution is 5.36. The molecule has 1 atom stereocenters. The van der Waals surface area contributed by atoms with Crippen LogP contribution in [0.4, 0.5) is 13.2 Å². The minimum Gasteiger partial charge on any atom is -0.275 e. The molecule has 0 aliphatic rings. The van der Waals surface area contributed by atoms with Gasteiger partial charge in [0.15, 0.2) is 5.69 Å².